The third-order valence-electron chi connectivity index (χ3n) is 5.13. The van der Waals surface area contributed by atoms with E-state index >= 15 is 0 Å². The Bertz CT molecular complexity index is 742. The van der Waals surface area contributed by atoms with Gasteiger partial charge in [-0.1, -0.05) is 42.5 Å². The van der Waals surface area contributed by atoms with Crippen LogP contribution in [0.3, 0.4) is 0 Å². The Balaban J connectivity index is 1.64. The topological polar surface area (TPSA) is 33.2 Å². The fourth-order valence-corrected chi connectivity index (χ4v) is 4.85. The van der Waals surface area contributed by atoms with Crippen LogP contribution < -0.4 is 4.90 Å². The molecule has 0 N–H and O–H groups in total. The maximum atomic E-state index is 13.3. The number of carbonyl (C=O) groups excluding carboxylic acids is 1. The normalized spacial score (nSPS) is 19.4. The van der Waals surface area contributed by atoms with Crippen LogP contribution in [0.4, 0.5) is 5.13 Å². The van der Waals surface area contributed by atoms with Gasteiger partial charge in [-0.3, -0.25) is 9.69 Å². The molecule has 3 nitrogen and oxygen atoms in total. The van der Waals surface area contributed by atoms with Crippen molar-refractivity contribution in [2.45, 2.75) is 51.5 Å². The first kappa shape index (κ1) is 16.5. The lowest BCUT2D eigenvalue weighted by Crippen LogP contribution is -2.36. The monoisotopic (exact) mass is 352 g/mol. The quantitative estimate of drug-likeness (QED) is 0.732. The molecule has 25 heavy (non-hydrogen) atoms. The third-order valence-corrected chi connectivity index (χ3v) is 6.31. The van der Waals surface area contributed by atoms with Gasteiger partial charge in [-0.05, 0) is 50.5 Å². The molecular weight excluding hydrogens is 328 g/mol. The van der Waals surface area contributed by atoms with Gasteiger partial charge < -0.3 is 0 Å². The molecule has 0 spiro atoms. The molecule has 1 aromatic heterocycles. The number of rotatable bonds is 4. The summed E-state index contributed by atoms with van der Waals surface area (Å²) < 4.78 is 0. The highest BCUT2D eigenvalue weighted by Gasteiger charge is 2.29. The number of amides is 1. The average molecular weight is 353 g/mol. The third kappa shape index (κ3) is 3.69. The van der Waals surface area contributed by atoms with Crippen LogP contribution in [-0.4, -0.2) is 10.9 Å². The number of benzene rings is 1. The summed E-state index contributed by atoms with van der Waals surface area (Å²) in [5.41, 5.74) is 2.39. The number of allylic oxidation sites excluding steroid dienone is 2. The van der Waals surface area contributed by atoms with E-state index in [0.717, 1.165) is 42.8 Å². The van der Waals surface area contributed by atoms with Gasteiger partial charge in [-0.2, -0.15) is 0 Å². The van der Waals surface area contributed by atoms with Crippen LogP contribution in [0.25, 0.3) is 0 Å². The van der Waals surface area contributed by atoms with E-state index in [1.54, 1.807) is 11.3 Å². The first-order valence-electron chi connectivity index (χ1n) is 9.30. The predicted molar refractivity (Wildman–Crippen MR) is 103 cm³/mol. The SMILES string of the molecule is O=C(C1CC=CCC1)N(Cc1ccccc1)c1nc2c(s1)CCCC2. The van der Waals surface area contributed by atoms with E-state index < -0.39 is 0 Å². The molecule has 1 unspecified atom stereocenters. The second kappa shape index (κ2) is 7.52. The fraction of sp³-hybridized carbons (Fsp3) is 0.429. The summed E-state index contributed by atoms with van der Waals surface area (Å²) in [6.07, 6.45) is 11.8. The van der Waals surface area contributed by atoms with Crippen molar-refractivity contribution in [1.29, 1.82) is 0 Å². The number of nitrogens with zero attached hydrogens (tertiary/aromatic N) is 2. The van der Waals surface area contributed by atoms with Crippen molar-refractivity contribution in [1.82, 2.24) is 4.98 Å². The minimum atomic E-state index is 0.0923. The van der Waals surface area contributed by atoms with Gasteiger partial charge in [-0.25, -0.2) is 4.98 Å². The van der Waals surface area contributed by atoms with Crippen molar-refractivity contribution in [3.63, 3.8) is 0 Å². The molecule has 0 bridgehead atoms. The van der Waals surface area contributed by atoms with Gasteiger partial charge in [0.25, 0.3) is 0 Å². The van der Waals surface area contributed by atoms with E-state index in [0.29, 0.717) is 6.54 Å². The standard InChI is InChI=1S/C21H24N2OS/c24-20(17-11-5-2-6-12-17)23(15-16-9-3-1-4-10-16)21-22-18-13-7-8-14-19(18)25-21/h1-5,9-10,17H,6-8,11-15H2. The molecule has 2 aliphatic rings. The molecule has 0 saturated heterocycles. The Kier molecular flexibility index (Phi) is 4.97. The fourth-order valence-electron chi connectivity index (χ4n) is 3.70. The number of anilines is 1. The highest BCUT2D eigenvalue weighted by Crippen LogP contribution is 2.34. The summed E-state index contributed by atoms with van der Waals surface area (Å²) in [7, 11) is 0. The Hall–Kier alpha value is -1.94. The zero-order valence-corrected chi connectivity index (χ0v) is 15.3. The van der Waals surface area contributed by atoms with Crippen LogP contribution in [0.5, 0.6) is 0 Å². The van der Waals surface area contributed by atoms with Crippen molar-refractivity contribution >= 4 is 22.4 Å². The van der Waals surface area contributed by atoms with Crippen LogP contribution in [-0.2, 0) is 24.2 Å². The van der Waals surface area contributed by atoms with E-state index in [4.69, 9.17) is 4.98 Å². The van der Waals surface area contributed by atoms with Gasteiger partial charge in [-0.15, -0.1) is 11.3 Å². The lowest BCUT2D eigenvalue weighted by atomic mass is 9.93. The maximum absolute atomic E-state index is 13.3. The highest BCUT2D eigenvalue weighted by molar-refractivity contribution is 7.15. The molecule has 2 aliphatic carbocycles. The van der Waals surface area contributed by atoms with E-state index in [2.05, 4.69) is 24.3 Å². The van der Waals surface area contributed by atoms with Gasteiger partial charge in [0.2, 0.25) is 5.91 Å². The summed E-state index contributed by atoms with van der Waals surface area (Å²) in [5.74, 6) is 0.328. The van der Waals surface area contributed by atoms with Crippen LogP contribution in [0.15, 0.2) is 42.5 Å². The molecule has 1 heterocycles. The van der Waals surface area contributed by atoms with E-state index in [1.165, 1.54) is 23.4 Å². The Morgan fingerprint density at radius 1 is 1.16 bits per heavy atom. The van der Waals surface area contributed by atoms with Crippen molar-refractivity contribution in [3.8, 4) is 0 Å². The molecule has 2 aromatic rings. The average Bonchev–Trinajstić information content (AvgIpc) is 3.11. The molecule has 130 valence electrons. The molecule has 1 aromatic carbocycles. The number of aryl methyl sites for hydroxylation is 2. The second-order valence-corrected chi connectivity index (χ2v) is 8.03. The highest BCUT2D eigenvalue weighted by atomic mass is 32.1. The van der Waals surface area contributed by atoms with Crippen LogP contribution in [0.2, 0.25) is 0 Å². The maximum Gasteiger partial charge on any atom is 0.232 e. The summed E-state index contributed by atoms with van der Waals surface area (Å²) >= 11 is 1.73. The molecule has 0 aliphatic heterocycles. The Labute approximate surface area is 153 Å². The number of thiazole rings is 1. The molecule has 1 atom stereocenters. The number of aromatic nitrogens is 1. The first-order valence-corrected chi connectivity index (χ1v) is 10.1. The van der Waals surface area contributed by atoms with Crippen molar-refractivity contribution < 1.29 is 4.79 Å². The summed E-state index contributed by atoms with van der Waals surface area (Å²) in [5, 5.41) is 0.898. The van der Waals surface area contributed by atoms with Gasteiger partial charge in [0, 0.05) is 10.8 Å². The van der Waals surface area contributed by atoms with Crippen molar-refractivity contribution in [2.24, 2.45) is 5.92 Å². The van der Waals surface area contributed by atoms with Gasteiger partial charge in [0.1, 0.15) is 0 Å². The summed E-state index contributed by atoms with van der Waals surface area (Å²) in [6.45, 7) is 0.617. The smallest absolute Gasteiger partial charge is 0.232 e. The molecule has 0 radical (unpaired) electrons. The lowest BCUT2D eigenvalue weighted by molar-refractivity contribution is -0.122. The number of carbonyl (C=O) groups is 1. The van der Waals surface area contributed by atoms with E-state index in [-0.39, 0.29) is 11.8 Å². The summed E-state index contributed by atoms with van der Waals surface area (Å²) in [6, 6.07) is 10.3. The second-order valence-electron chi connectivity index (χ2n) is 6.96. The van der Waals surface area contributed by atoms with Crippen LogP contribution in [0.1, 0.15) is 48.2 Å². The van der Waals surface area contributed by atoms with Crippen molar-refractivity contribution in [2.75, 3.05) is 4.90 Å². The predicted octanol–water partition coefficient (Wildman–Crippen LogP) is 4.91. The zero-order chi connectivity index (χ0) is 17.1. The number of hydrogen-bond donors (Lipinski definition) is 0. The lowest BCUT2D eigenvalue weighted by Gasteiger charge is -2.26. The van der Waals surface area contributed by atoms with Crippen LogP contribution >= 0.6 is 11.3 Å². The van der Waals surface area contributed by atoms with Gasteiger partial charge in [0.05, 0.1) is 12.2 Å². The molecular formula is C21H24N2OS. The van der Waals surface area contributed by atoms with Gasteiger partial charge >= 0.3 is 0 Å². The van der Waals surface area contributed by atoms with Gasteiger partial charge in [0.15, 0.2) is 5.13 Å². The Morgan fingerprint density at radius 2 is 2.00 bits per heavy atom. The molecule has 4 heteroatoms. The number of fused-ring (bicyclic) bond motifs is 1. The van der Waals surface area contributed by atoms with E-state index in [9.17, 15) is 4.79 Å². The minimum absolute atomic E-state index is 0.0923. The molecule has 4 rings (SSSR count). The number of hydrogen-bond acceptors (Lipinski definition) is 3. The van der Waals surface area contributed by atoms with E-state index in [1.807, 2.05) is 23.1 Å². The van der Waals surface area contributed by atoms with Crippen LogP contribution in [0, 0.1) is 5.92 Å². The van der Waals surface area contributed by atoms with Crippen molar-refractivity contribution in [3.05, 3.63) is 58.6 Å². The largest absolute Gasteiger partial charge is 0.283 e. The minimum Gasteiger partial charge on any atom is -0.283 e. The molecule has 1 amide bonds. The molecule has 0 fully saturated rings. The zero-order valence-electron chi connectivity index (χ0n) is 14.5. The first-order chi connectivity index (χ1) is 12.3. The summed E-state index contributed by atoms with van der Waals surface area (Å²) in [4.78, 5) is 21.5. The molecule has 0 saturated carbocycles. The Morgan fingerprint density at radius 3 is 2.76 bits per heavy atom.